The molecule has 164 valence electrons. The van der Waals surface area contributed by atoms with Gasteiger partial charge in [0.25, 0.3) is 0 Å². The van der Waals surface area contributed by atoms with Gasteiger partial charge in [-0.05, 0) is 30.7 Å². The van der Waals surface area contributed by atoms with E-state index in [0.717, 1.165) is 37.8 Å². The average Bonchev–Trinajstić information content (AvgIpc) is 2.85. The number of nitrogens with zero attached hydrogens (tertiary/aromatic N) is 6. The fourth-order valence-electron chi connectivity index (χ4n) is 4.16. The van der Waals surface area contributed by atoms with Crippen LogP contribution in [0.15, 0.2) is 48.8 Å². The van der Waals surface area contributed by atoms with Crippen molar-refractivity contribution in [3.05, 3.63) is 48.8 Å². The highest BCUT2D eigenvalue weighted by Crippen LogP contribution is 2.15. The molecule has 2 aromatic rings. The van der Waals surface area contributed by atoms with Gasteiger partial charge in [0.05, 0.1) is 0 Å². The molecule has 0 aliphatic carbocycles. The molecule has 0 saturated carbocycles. The number of amides is 2. The van der Waals surface area contributed by atoms with Crippen LogP contribution in [0.3, 0.4) is 0 Å². The van der Waals surface area contributed by atoms with Gasteiger partial charge < -0.3 is 19.6 Å². The number of carbonyl (C=O) groups excluding carboxylic acids is 2. The van der Waals surface area contributed by atoms with Crippen LogP contribution in [0.1, 0.15) is 19.3 Å². The van der Waals surface area contributed by atoms with E-state index in [1.54, 1.807) is 12.4 Å². The third-order valence-electron chi connectivity index (χ3n) is 5.99. The van der Waals surface area contributed by atoms with E-state index in [2.05, 4.69) is 19.8 Å². The first-order valence-electron chi connectivity index (χ1n) is 11.1. The smallest absolute Gasteiger partial charge is 0.222 e. The van der Waals surface area contributed by atoms with Crippen molar-refractivity contribution in [2.45, 2.75) is 19.3 Å². The van der Waals surface area contributed by atoms with Crippen LogP contribution in [0.5, 0.6) is 0 Å². The van der Waals surface area contributed by atoms with Gasteiger partial charge in [-0.15, -0.1) is 0 Å². The molecule has 2 fully saturated rings. The van der Waals surface area contributed by atoms with E-state index in [1.807, 2.05) is 46.2 Å². The Bertz CT molecular complexity index is 775. The van der Waals surface area contributed by atoms with Crippen LogP contribution in [0.2, 0.25) is 0 Å². The number of hydrogen-bond donors (Lipinski definition) is 0. The van der Waals surface area contributed by atoms with Gasteiger partial charge in [0.1, 0.15) is 11.6 Å². The molecule has 2 amide bonds. The van der Waals surface area contributed by atoms with Crippen molar-refractivity contribution in [2.75, 3.05) is 62.2 Å². The number of piperazine rings is 2. The maximum Gasteiger partial charge on any atom is 0.222 e. The second kappa shape index (κ2) is 10.2. The highest BCUT2D eigenvalue weighted by atomic mass is 16.2. The Hall–Kier alpha value is -3.16. The first-order valence-corrected chi connectivity index (χ1v) is 11.1. The first-order chi connectivity index (χ1) is 15.2. The zero-order valence-corrected chi connectivity index (χ0v) is 17.9. The third kappa shape index (κ3) is 5.51. The molecule has 0 radical (unpaired) electrons. The molecular weight excluding hydrogens is 392 g/mol. The number of rotatable bonds is 6. The Kier molecular flexibility index (Phi) is 6.96. The lowest BCUT2D eigenvalue weighted by Crippen LogP contribution is -2.49. The van der Waals surface area contributed by atoms with Crippen molar-refractivity contribution in [1.29, 1.82) is 0 Å². The van der Waals surface area contributed by atoms with Gasteiger partial charge in [-0.3, -0.25) is 9.59 Å². The van der Waals surface area contributed by atoms with E-state index >= 15 is 0 Å². The van der Waals surface area contributed by atoms with Gasteiger partial charge in [-0.2, -0.15) is 0 Å². The summed E-state index contributed by atoms with van der Waals surface area (Å²) in [4.78, 5) is 42.1. The largest absolute Gasteiger partial charge is 0.353 e. The molecule has 2 saturated heterocycles. The molecule has 4 heterocycles. The first kappa shape index (κ1) is 21.1. The SMILES string of the molecule is O=C(CCCC(=O)N1CCN(c2ccccn2)CC1)N1CCN(c2ccccn2)CC1. The van der Waals surface area contributed by atoms with Crippen molar-refractivity contribution in [3.63, 3.8) is 0 Å². The summed E-state index contributed by atoms with van der Waals surface area (Å²) in [7, 11) is 0. The Morgan fingerprint density at radius 1 is 0.645 bits per heavy atom. The Morgan fingerprint density at radius 3 is 1.42 bits per heavy atom. The van der Waals surface area contributed by atoms with E-state index in [-0.39, 0.29) is 11.8 Å². The van der Waals surface area contributed by atoms with Crippen LogP contribution in [0, 0.1) is 0 Å². The van der Waals surface area contributed by atoms with Gasteiger partial charge in [0.15, 0.2) is 0 Å². The van der Waals surface area contributed by atoms with Crippen molar-refractivity contribution in [1.82, 2.24) is 19.8 Å². The quantitative estimate of drug-likeness (QED) is 0.705. The van der Waals surface area contributed by atoms with E-state index in [0.29, 0.717) is 45.4 Å². The van der Waals surface area contributed by atoms with Crippen molar-refractivity contribution in [2.24, 2.45) is 0 Å². The summed E-state index contributed by atoms with van der Waals surface area (Å²) in [5.74, 6) is 2.22. The predicted octanol–water partition coefficient (Wildman–Crippen LogP) is 1.64. The minimum Gasteiger partial charge on any atom is -0.353 e. The standard InChI is InChI=1S/C23H30N6O2/c30-22(28-16-12-26(13-17-28)20-6-1-3-10-24-20)8-5-9-23(31)29-18-14-27(15-19-29)21-7-2-4-11-25-21/h1-4,6-7,10-11H,5,8-9,12-19H2. The summed E-state index contributed by atoms with van der Waals surface area (Å²) in [6.45, 7) is 6.00. The molecule has 8 nitrogen and oxygen atoms in total. The molecule has 4 rings (SSSR count). The number of carbonyl (C=O) groups is 2. The molecule has 2 aliphatic heterocycles. The predicted molar refractivity (Wildman–Crippen MR) is 120 cm³/mol. The lowest BCUT2D eigenvalue weighted by Gasteiger charge is -2.36. The average molecular weight is 423 g/mol. The van der Waals surface area contributed by atoms with E-state index < -0.39 is 0 Å². The van der Waals surface area contributed by atoms with Gasteiger partial charge in [0, 0.05) is 77.6 Å². The highest BCUT2D eigenvalue weighted by molar-refractivity contribution is 5.79. The minimum atomic E-state index is 0.147. The zero-order chi connectivity index (χ0) is 21.5. The normalized spacial score (nSPS) is 17.0. The van der Waals surface area contributed by atoms with E-state index in [1.165, 1.54) is 0 Å². The van der Waals surface area contributed by atoms with E-state index in [9.17, 15) is 9.59 Å². The van der Waals surface area contributed by atoms with Crippen LogP contribution < -0.4 is 9.80 Å². The molecule has 2 aliphatic rings. The fraction of sp³-hybridized carbons (Fsp3) is 0.478. The Morgan fingerprint density at radius 2 is 1.06 bits per heavy atom. The molecule has 0 atom stereocenters. The van der Waals surface area contributed by atoms with Crippen LogP contribution >= 0.6 is 0 Å². The summed E-state index contributed by atoms with van der Waals surface area (Å²) < 4.78 is 0. The van der Waals surface area contributed by atoms with Gasteiger partial charge in [-0.25, -0.2) is 9.97 Å². The maximum absolute atomic E-state index is 12.6. The van der Waals surface area contributed by atoms with Gasteiger partial charge >= 0.3 is 0 Å². The van der Waals surface area contributed by atoms with Crippen molar-refractivity contribution >= 4 is 23.5 Å². The van der Waals surface area contributed by atoms with Crippen LogP contribution in [-0.2, 0) is 9.59 Å². The summed E-state index contributed by atoms with van der Waals surface area (Å²) >= 11 is 0. The molecule has 0 bridgehead atoms. The topological polar surface area (TPSA) is 72.9 Å². The van der Waals surface area contributed by atoms with E-state index in [4.69, 9.17) is 0 Å². The van der Waals surface area contributed by atoms with Gasteiger partial charge in [0.2, 0.25) is 11.8 Å². The molecule has 31 heavy (non-hydrogen) atoms. The monoisotopic (exact) mass is 422 g/mol. The summed E-state index contributed by atoms with van der Waals surface area (Å²) in [5, 5.41) is 0. The molecule has 0 aromatic carbocycles. The molecular formula is C23H30N6O2. The molecule has 0 unspecified atom stereocenters. The fourth-order valence-corrected chi connectivity index (χ4v) is 4.16. The van der Waals surface area contributed by atoms with Crippen molar-refractivity contribution in [3.8, 4) is 0 Å². The Balaban J connectivity index is 1.14. The summed E-state index contributed by atoms with van der Waals surface area (Å²) in [6.07, 6.45) is 5.07. The number of pyridine rings is 2. The lowest BCUT2D eigenvalue weighted by molar-refractivity contribution is -0.133. The van der Waals surface area contributed by atoms with Crippen LogP contribution in [-0.4, -0.2) is 83.9 Å². The highest BCUT2D eigenvalue weighted by Gasteiger charge is 2.24. The summed E-state index contributed by atoms with van der Waals surface area (Å²) in [5.41, 5.74) is 0. The molecule has 8 heteroatoms. The lowest BCUT2D eigenvalue weighted by atomic mass is 10.1. The summed E-state index contributed by atoms with van der Waals surface area (Å²) in [6, 6.07) is 11.8. The number of anilines is 2. The molecule has 0 N–H and O–H groups in total. The van der Waals surface area contributed by atoms with Crippen molar-refractivity contribution < 1.29 is 9.59 Å². The Labute approximate surface area is 183 Å². The maximum atomic E-state index is 12.6. The van der Waals surface area contributed by atoms with Crippen LogP contribution in [0.4, 0.5) is 11.6 Å². The second-order valence-corrected chi connectivity index (χ2v) is 7.97. The molecule has 0 spiro atoms. The minimum absolute atomic E-state index is 0.147. The van der Waals surface area contributed by atoms with Gasteiger partial charge in [-0.1, -0.05) is 12.1 Å². The van der Waals surface area contributed by atoms with Crippen LogP contribution in [0.25, 0.3) is 0 Å². The third-order valence-corrected chi connectivity index (χ3v) is 5.99. The zero-order valence-electron chi connectivity index (χ0n) is 17.9. The molecule has 2 aromatic heterocycles. The second-order valence-electron chi connectivity index (χ2n) is 7.97. The number of hydrogen-bond acceptors (Lipinski definition) is 6. The number of aromatic nitrogens is 2.